The van der Waals surface area contributed by atoms with Crippen LogP contribution in [0.5, 0.6) is 0 Å². The van der Waals surface area contributed by atoms with Crippen molar-refractivity contribution >= 4 is 40.1 Å². The second kappa shape index (κ2) is 4.76. The van der Waals surface area contributed by atoms with E-state index in [4.69, 9.17) is 11.6 Å². The molecule has 0 saturated heterocycles. The molecule has 0 aromatic heterocycles. The highest BCUT2D eigenvalue weighted by Gasteiger charge is 2.38. The highest BCUT2D eigenvalue weighted by Crippen LogP contribution is 2.39. The zero-order valence-corrected chi connectivity index (χ0v) is 12.8. The number of hydrogen-bond acceptors (Lipinski definition) is 1. The largest absolute Gasteiger partial charge is 0.347 e. The highest BCUT2D eigenvalue weighted by molar-refractivity contribution is 14.1. The molecule has 17 heavy (non-hydrogen) atoms. The first-order valence-electron chi connectivity index (χ1n) is 5.68. The van der Waals surface area contributed by atoms with Crippen molar-refractivity contribution in [2.24, 2.45) is 5.92 Å². The fraction of sp³-hybridized carbons (Fsp3) is 0.462. The Bertz CT molecular complexity index is 455. The van der Waals surface area contributed by atoms with Crippen LogP contribution in [0.4, 0.5) is 0 Å². The summed E-state index contributed by atoms with van der Waals surface area (Å²) >= 11 is 8.17. The van der Waals surface area contributed by atoms with Crippen LogP contribution in [0.2, 0.25) is 5.02 Å². The van der Waals surface area contributed by atoms with Crippen LogP contribution in [0.1, 0.15) is 37.0 Å². The van der Waals surface area contributed by atoms with E-state index >= 15 is 0 Å². The minimum absolute atomic E-state index is 0.0415. The molecule has 4 heteroatoms. The van der Waals surface area contributed by atoms with Gasteiger partial charge in [-0.25, -0.2) is 0 Å². The number of hydrogen-bond donors (Lipinski definition) is 1. The third kappa shape index (κ3) is 3.13. The summed E-state index contributed by atoms with van der Waals surface area (Å²) in [5.74, 6) is 0.575. The molecule has 0 aliphatic heterocycles. The Morgan fingerprint density at radius 1 is 1.47 bits per heavy atom. The Kier molecular flexibility index (Phi) is 3.69. The summed E-state index contributed by atoms with van der Waals surface area (Å²) in [6, 6.07) is 5.40. The van der Waals surface area contributed by atoms with E-state index in [-0.39, 0.29) is 11.4 Å². The molecule has 92 valence electrons. The fourth-order valence-corrected chi connectivity index (χ4v) is 2.43. The van der Waals surface area contributed by atoms with Gasteiger partial charge in [0, 0.05) is 14.7 Å². The lowest BCUT2D eigenvalue weighted by Crippen LogP contribution is -2.45. The van der Waals surface area contributed by atoms with E-state index in [1.54, 1.807) is 6.07 Å². The van der Waals surface area contributed by atoms with E-state index in [9.17, 15) is 4.79 Å². The van der Waals surface area contributed by atoms with Gasteiger partial charge >= 0.3 is 0 Å². The molecule has 1 saturated carbocycles. The number of nitrogens with one attached hydrogen (secondary N) is 1. The summed E-state index contributed by atoms with van der Waals surface area (Å²) in [5, 5.41) is 3.71. The summed E-state index contributed by atoms with van der Waals surface area (Å²) in [5.41, 5.74) is 0.510. The van der Waals surface area contributed by atoms with Gasteiger partial charge in [-0.15, -0.1) is 0 Å². The Balaban J connectivity index is 2.11. The number of halogens is 2. The predicted octanol–water partition coefficient (Wildman–Crippen LogP) is 3.86. The molecule has 1 amide bonds. The molecular formula is C13H15ClINO. The third-order valence-corrected chi connectivity index (χ3v) is 4.79. The molecule has 0 radical (unpaired) electrons. The van der Waals surface area contributed by atoms with Crippen LogP contribution in [0, 0.1) is 9.49 Å². The van der Waals surface area contributed by atoms with Crippen molar-refractivity contribution in [1.29, 1.82) is 0 Å². The van der Waals surface area contributed by atoms with Crippen molar-refractivity contribution in [2.45, 2.75) is 32.2 Å². The Hall–Kier alpha value is -0.290. The molecule has 2 rings (SSSR count). The molecule has 1 aliphatic carbocycles. The summed E-state index contributed by atoms with van der Waals surface area (Å²) in [4.78, 5) is 12.1. The molecule has 0 spiro atoms. The van der Waals surface area contributed by atoms with Crippen LogP contribution in [-0.2, 0) is 0 Å². The average Bonchev–Trinajstić information content (AvgIpc) is 3.04. The van der Waals surface area contributed by atoms with Gasteiger partial charge in [0.25, 0.3) is 5.91 Å². The minimum atomic E-state index is -0.118. The standard InChI is InChI=1S/C13H15ClINO/c1-13(2,9-4-5-9)16-12(17)8-3-6-11(15)10(14)7-8/h3,6-7,9H,4-5H2,1-2H3,(H,16,17). The van der Waals surface area contributed by atoms with E-state index < -0.39 is 0 Å². The smallest absolute Gasteiger partial charge is 0.251 e. The quantitative estimate of drug-likeness (QED) is 0.812. The number of amides is 1. The molecule has 0 heterocycles. The lowest BCUT2D eigenvalue weighted by atomic mass is 9.98. The van der Waals surface area contributed by atoms with Crippen LogP contribution >= 0.6 is 34.2 Å². The maximum atomic E-state index is 12.1. The van der Waals surface area contributed by atoms with Gasteiger partial charge in [-0.05, 0) is 73.4 Å². The molecule has 0 unspecified atom stereocenters. The van der Waals surface area contributed by atoms with Gasteiger partial charge in [0.1, 0.15) is 0 Å². The number of benzene rings is 1. The lowest BCUT2D eigenvalue weighted by molar-refractivity contribution is 0.0903. The molecular weight excluding hydrogens is 349 g/mol. The number of carbonyl (C=O) groups is 1. The summed E-state index contributed by atoms with van der Waals surface area (Å²) in [6.45, 7) is 4.16. The molecule has 1 N–H and O–H groups in total. The van der Waals surface area contributed by atoms with E-state index in [1.165, 1.54) is 12.8 Å². The second-order valence-electron chi connectivity index (χ2n) is 5.08. The van der Waals surface area contributed by atoms with Crippen LogP contribution in [0.25, 0.3) is 0 Å². The predicted molar refractivity (Wildman–Crippen MR) is 78.4 cm³/mol. The van der Waals surface area contributed by atoms with Crippen molar-refractivity contribution in [3.8, 4) is 0 Å². The van der Waals surface area contributed by atoms with Gasteiger partial charge in [0.05, 0.1) is 5.02 Å². The fourth-order valence-electron chi connectivity index (χ4n) is 1.91. The molecule has 2 nitrogen and oxygen atoms in total. The third-order valence-electron chi connectivity index (χ3n) is 3.22. The van der Waals surface area contributed by atoms with Crippen molar-refractivity contribution in [3.05, 3.63) is 32.4 Å². The van der Waals surface area contributed by atoms with Gasteiger partial charge in [0.2, 0.25) is 0 Å². The normalized spacial score (nSPS) is 15.8. The summed E-state index contributed by atoms with van der Waals surface area (Å²) < 4.78 is 0.960. The van der Waals surface area contributed by atoms with Crippen LogP contribution < -0.4 is 5.32 Å². The van der Waals surface area contributed by atoms with E-state index in [0.29, 0.717) is 16.5 Å². The summed E-state index contributed by atoms with van der Waals surface area (Å²) in [6.07, 6.45) is 2.42. The van der Waals surface area contributed by atoms with Crippen molar-refractivity contribution in [3.63, 3.8) is 0 Å². The Morgan fingerprint density at radius 3 is 2.65 bits per heavy atom. The van der Waals surface area contributed by atoms with Gasteiger partial charge < -0.3 is 5.32 Å². The molecule has 1 aromatic rings. The first-order valence-corrected chi connectivity index (χ1v) is 7.13. The zero-order valence-electron chi connectivity index (χ0n) is 9.89. The first-order chi connectivity index (χ1) is 7.90. The van der Waals surface area contributed by atoms with E-state index in [1.807, 2.05) is 12.1 Å². The SMILES string of the molecule is CC(C)(NC(=O)c1ccc(I)c(Cl)c1)C1CC1. The maximum absolute atomic E-state index is 12.1. The van der Waals surface area contributed by atoms with Gasteiger partial charge in [-0.1, -0.05) is 11.6 Å². The molecule has 0 atom stereocenters. The first kappa shape index (κ1) is 13.1. The highest BCUT2D eigenvalue weighted by atomic mass is 127. The monoisotopic (exact) mass is 363 g/mol. The minimum Gasteiger partial charge on any atom is -0.347 e. The van der Waals surface area contributed by atoms with E-state index in [2.05, 4.69) is 41.8 Å². The maximum Gasteiger partial charge on any atom is 0.251 e. The van der Waals surface area contributed by atoms with Gasteiger partial charge in [0.15, 0.2) is 0 Å². The van der Waals surface area contributed by atoms with Gasteiger partial charge in [-0.2, -0.15) is 0 Å². The van der Waals surface area contributed by atoms with Crippen LogP contribution in [-0.4, -0.2) is 11.4 Å². The zero-order chi connectivity index (χ0) is 12.6. The average molecular weight is 364 g/mol. The Labute approximate surface area is 120 Å². The molecule has 1 fully saturated rings. The number of carbonyl (C=O) groups excluding carboxylic acids is 1. The summed E-state index contributed by atoms with van der Waals surface area (Å²) in [7, 11) is 0. The molecule has 1 aliphatic rings. The topological polar surface area (TPSA) is 29.1 Å². The van der Waals surface area contributed by atoms with Crippen molar-refractivity contribution in [1.82, 2.24) is 5.32 Å². The second-order valence-corrected chi connectivity index (χ2v) is 6.65. The van der Waals surface area contributed by atoms with Gasteiger partial charge in [-0.3, -0.25) is 4.79 Å². The van der Waals surface area contributed by atoms with Crippen molar-refractivity contribution in [2.75, 3.05) is 0 Å². The Morgan fingerprint density at radius 2 is 2.12 bits per heavy atom. The molecule has 0 bridgehead atoms. The van der Waals surface area contributed by atoms with E-state index in [0.717, 1.165) is 3.57 Å². The van der Waals surface area contributed by atoms with Crippen LogP contribution in [0.15, 0.2) is 18.2 Å². The van der Waals surface area contributed by atoms with Crippen LogP contribution in [0.3, 0.4) is 0 Å². The lowest BCUT2D eigenvalue weighted by Gasteiger charge is -2.26. The number of rotatable bonds is 3. The molecule has 1 aromatic carbocycles. The van der Waals surface area contributed by atoms with Crippen molar-refractivity contribution < 1.29 is 4.79 Å².